The summed E-state index contributed by atoms with van der Waals surface area (Å²) in [5.41, 5.74) is 0.469. The minimum absolute atomic E-state index is 0.0176. The number of likely N-dealkylation sites (tertiary alicyclic amines) is 1. The summed E-state index contributed by atoms with van der Waals surface area (Å²) in [6.07, 6.45) is 8.00. The molecule has 0 bridgehead atoms. The van der Waals surface area contributed by atoms with E-state index in [1.807, 2.05) is 7.05 Å². The monoisotopic (exact) mass is 347 g/mol. The normalized spacial score (nSPS) is 33.2. The quantitative estimate of drug-likeness (QED) is 0.721. The van der Waals surface area contributed by atoms with Gasteiger partial charge in [-0.25, -0.2) is 0 Å². The summed E-state index contributed by atoms with van der Waals surface area (Å²) >= 11 is 0. The molecule has 1 amide bonds. The summed E-state index contributed by atoms with van der Waals surface area (Å²) in [7, 11) is 1.76. The molecule has 2 aliphatic heterocycles. The van der Waals surface area contributed by atoms with Crippen molar-refractivity contribution in [3.63, 3.8) is 0 Å². The Bertz CT molecular complexity index is 578. The average molecular weight is 347 g/mol. The van der Waals surface area contributed by atoms with Gasteiger partial charge in [-0.1, -0.05) is 19.9 Å². The van der Waals surface area contributed by atoms with Crippen LogP contribution in [0.5, 0.6) is 0 Å². The van der Waals surface area contributed by atoms with Crippen molar-refractivity contribution in [2.75, 3.05) is 7.05 Å². The van der Waals surface area contributed by atoms with Crippen molar-refractivity contribution in [2.24, 2.45) is 5.41 Å². The molecule has 3 rings (SSSR count). The molecular formula is C20H34BNO3. The average Bonchev–Trinajstić information content (AvgIpc) is 2.91. The predicted molar refractivity (Wildman–Crippen MR) is 101 cm³/mol. The summed E-state index contributed by atoms with van der Waals surface area (Å²) in [6.45, 7) is 12.7. The number of rotatable bonds is 3. The summed E-state index contributed by atoms with van der Waals surface area (Å²) < 4.78 is 12.4. The Morgan fingerprint density at radius 3 is 2.08 bits per heavy atom. The Morgan fingerprint density at radius 1 is 1.12 bits per heavy atom. The van der Waals surface area contributed by atoms with Gasteiger partial charge in [0.15, 0.2) is 0 Å². The second-order valence-corrected chi connectivity index (χ2v) is 9.32. The molecule has 2 heterocycles. The Kier molecular flexibility index (Phi) is 4.44. The number of allylic oxidation sites excluding steroid dienone is 1. The summed E-state index contributed by atoms with van der Waals surface area (Å²) in [5, 5.41) is 0. The molecule has 5 heteroatoms. The third kappa shape index (κ3) is 2.69. The van der Waals surface area contributed by atoms with E-state index in [-0.39, 0.29) is 29.3 Å². The molecular weight excluding hydrogens is 313 g/mol. The van der Waals surface area contributed by atoms with Gasteiger partial charge in [0.05, 0.1) is 16.6 Å². The topological polar surface area (TPSA) is 38.8 Å². The Morgan fingerprint density at radius 2 is 1.68 bits per heavy atom. The lowest BCUT2D eigenvalue weighted by Gasteiger charge is -2.39. The fourth-order valence-electron chi connectivity index (χ4n) is 4.77. The van der Waals surface area contributed by atoms with Crippen molar-refractivity contribution in [1.82, 2.24) is 4.90 Å². The second-order valence-electron chi connectivity index (χ2n) is 9.32. The fourth-order valence-corrected chi connectivity index (χ4v) is 4.77. The lowest BCUT2D eigenvalue weighted by Crippen LogP contribution is -2.45. The lowest BCUT2D eigenvalue weighted by atomic mass is 9.66. The van der Waals surface area contributed by atoms with Crippen LogP contribution in [0.15, 0.2) is 11.5 Å². The molecule has 1 unspecified atom stereocenters. The number of amides is 1. The standard InChI is InChI=1S/C20H34BNO3/c1-8-19(9-2)14-20(22(7)16(19)23)12-10-15(11-13-20)21-24-17(3,4)18(5,6)25-21/h10H,8-9,11-14H2,1-7H3. The van der Waals surface area contributed by atoms with E-state index in [0.717, 1.165) is 38.5 Å². The summed E-state index contributed by atoms with van der Waals surface area (Å²) in [5.74, 6) is 0.338. The van der Waals surface area contributed by atoms with Crippen molar-refractivity contribution in [3.05, 3.63) is 11.5 Å². The molecule has 3 aliphatic rings. The molecule has 0 saturated carbocycles. The highest BCUT2D eigenvalue weighted by Crippen LogP contribution is 2.52. The van der Waals surface area contributed by atoms with E-state index in [1.54, 1.807) is 0 Å². The highest BCUT2D eigenvalue weighted by atomic mass is 16.7. The van der Waals surface area contributed by atoms with Crippen LogP contribution >= 0.6 is 0 Å². The van der Waals surface area contributed by atoms with Crippen LogP contribution in [0.2, 0.25) is 0 Å². The second kappa shape index (κ2) is 5.85. The van der Waals surface area contributed by atoms with E-state index in [1.165, 1.54) is 5.47 Å². The van der Waals surface area contributed by atoms with Crippen LogP contribution in [-0.2, 0) is 14.1 Å². The number of carbonyl (C=O) groups excluding carboxylic acids is 1. The largest absolute Gasteiger partial charge is 0.490 e. The van der Waals surface area contributed by atoms with Crippen LogP contribution in [0.1, 0.15) is 80.1 Å². The van der Waals surface area contributed by atoms with Gasteiger partial charge in [-0.05, 0) is 71.7 Å². The van der Waals surface area contributed by atoms with E-state index in [4.69, 9.17) is 9.31 Å². The zero-order chi connectivity index (χ0) is 18.7. The maximum atomic E-state index is 12.9. The highest BCUT2D eigenvalue weighted by molar-refractivity contribution is 6.54. The molecule has 0 N–H and O–H groups in total. The molecule has 140 valence electrons. The molecule has 25 heavy (non-hydrogen) atoms. The van der Waals surface area contributed by atoms with Crippen LogP contribution in [0, 0.1) is 5.41 Å². The van der Waals surface area contributed by atoms with Gasteiger partial charge in [0.25, 0.3) is 0 Å². The first-order valence-corrected chi connectivity index (χ1v) is 9.85. The minimum atomic E-state index is -0.298. The third-order valence-corrected chi connectivity index (χ3v) is 7.67. The van der Waals surface area contributed by atoms with E-state index in [0.29, 0.717) is 5.91 Å². The first-order valence-electron chi connectivity index (χ1n) is 9.85. The van der Waals surface area contributed by atoms with Crippen molar-refractivity contribution in [3.8, 4) is 0 Å². The molecule has 0 radical (unpaired) electrons. The minimum Gasteiger partial charge on any atom is -0.400 e. The van der Waals surface area contributed by atoms with Crippen molar-refractivity contribution >= 4 is 13.0 Å². The maximum absolute atomic E-state index is 12.9. The maximum Gasteiger partial charge on any atom is 0.490 e. The fraction of sp³-hybridized carbons (Fsp3) is 0.850. The summed E-state index contributed by atoms with van der Waals surface area (Å²) in [6, 6.07) is 0. The molecule has 0 aromatic carbocycles. The molecule has 0 aromatic heterocycles. The van der Waals surface area contributed by atoms with Gasteiger partial charge in [0.1, 0.15) is 0 Å². The van der Waals surface area contributed by atoms with Crippen LogP contribution in [0.4, 0.5) is 0 Å². The van der Waals surface area contributed by atoms with Gasteiger partial charge in [0.2, 0.25) is 5.91 Å². The van der Waals surface area contributed by atoms with Crippen molar-refractivity contribution in [1.29, 1.82) is 0 Å². The lowest BCUT2D eigenvalue weighted by molar-refractivity contribution is -0.137. The van der Waals surface area contributed by atoms with E-state index in [9.17, 15) is 4.79 Å². The molecule has 1 aliphatic carbocycles. The Hall–Kier alpha value is -0.805. The van der Waals surface area contributed by atoms with Crippen LogP contribution in [0.3, 0.4) is 0 Å². The van der Waals surface area contributed by atoms with Crippen LogP contribution < -0.4 is 0 Å². The first-order chi connectivity index (χ1) is 11.5. The zero-order valence-electron chi connectivity index (χ0n) is 17.1. The van der Waals surface area contributed by atoms with E-state index < -0.39 is 0 Å². The van der Waals surface area contributed by atoms with Crippen LogP contribution in [0.25, 0.3) is 0 Å². The molecule has 2 fully saturated rings. The summed E-state index contributed by atoms with van der Waals surface area (Å²) in [4.78, 5) is 15.0. The smallest absolute Gasteiger partial charge is 0.400 e. The SMILES string of the molecule is CCC1(CC)CC2(CC=C(B3OC(C)(C)C(C)(C)O3)CC2)N(C)C1=O. The molecule has 4 nitrogen and oxygen atoms in total. The zero-order valence-corrected chi connectivity index (χ0v) is 17.1. The predicted octanol–water partition coefficient (Wildman–Crippen LogP) is 4.14. The van der Waals surface area contributed by atoms with Crippen molar-refractivity contribution < 1.29 is 14.1 Å². The van der Waals surface area contributed by atoms with Gasteiger partial charge in [-0.15, -0.1) is 0 Å². The van der Waals surface area contributed by atoms with E-state index >= 15 is 0 Å². The Balaban J connectivity index is 1.78. The number of hydrogen-bond acceptors (Lipinski definition) is 3. The number of hydrogen-bond donors (Lipinski definition) is 0. The van der Waals surface area contributed by atoms with E-state index in [2.05, 4.69) is 52.5 Å². The molecule has 0 aromatic rings. The molecule has 1 spiro atoms. The highest BCUT2D eigenvalue weighted by Gasteiger charge is 2.58. The van der Waals surface area contributed by atoms with Gasteiger partial charge >= 0.3 is 7.12 Å². The van der Waals surface area contributed by atoms with Gasteiger partial charge in [0, 0.05) is 12.6 Å². The van der Waals surface area contributed by atoms with Crippen LogP contribution in [-0.4, -0.2) is 41.7 Å². The third-order valence-electron chi connectivity index (χ3n) is 7.67. The van der Waals surface area contributed by atoms with Gasteiger partial charge in [-0.3, -0.25) is 4.79 Å². The van der Waals surface area contributed by atoms with Gasteiger partial charge < -0.3 is 14.2 Å². The first kappa shape index (κ1) is 19.0. The number of nitrogens with zero attached hydrogens (tertiary/aromatic N) is 1. The molecule has 1 atom stereocenters. The van der Waals surface area contributed by atoms with Crippen molar-refractivity contribution in [2.45, 2.75) is 96.8 Å². The molecule has 2 saturated heterocycles. The van der Waals surface area contributed by atoms with Gasteiger partial charge in [-0.2, -0.15) is 0 Å². The Labute approximate surface area is 153 Å². The number of carbonyl (C=O) groups is 1.